The average molecular weight is 442 g/mol. The molecule has 30 heavy (non-hydrogen) atoms. The van der Waals surface area contributed by atoms with Gasteiger partial charge in [0.15, 0.2) is 5.82 Å². The molecule has 6 nitrogen and oxygen atoms in total. The zero-order valence-corrected chi connectivity index (χ0v) is 17.2. The van der Waals surface area contributed by atoms with Crippen LogP contribution in [0.2, 0.25) is 5.02 Å². The second-order valence-corrected chi connectivity index (χ2v) is 7.69. The fraction of sp³-hybridized carbons (Fsp3) is 0.450. The molecule has 0 bridgehead atoms. The number of anilines is 1. The van der Waals surface area contributed by atoms with Crippen LogP contribution in [0.5, 0.6) is 0 Å². The van der Waals surface area contributed by atoms with E-state index in [2.05, 4.69) is 15.5 Å². The second-order valence-electron chi connectivity index (χ2n) is 7.28. The van der Waals surface area contributed by atoms with Crippen LogP contribution in [-0.2, 0) is 12.8 Å². The Bertz CT molecular complexity index is 862. The zero-order valence-electron chi connectivity index (χ0n) is 16.5. The maximum Gasteiger partial charge on any atom is 0.393 e. The lowest BCUT2D eigenvalue weighted by molar-refractivity contribution is -0.127. The summed E-state index contributed by atoms with van der Waals surface area (Å²) in [5.41, 5.74) is 1.10. The van der Waals surface area contributed by atoms with Crippen molar-refractivity contribution in [1.82, 2.24) is 20.4 Å². The lowest BCUT2D eigenvalue weighted by atomic mass is 10.1. The molecule has 0 saturated carbocycles. The quantitative estimate of drug-likeness (QED) is 0.768. The zero-order chi connectivity index (χ0) is 21.7. The van der Waals surface area contributed by atoms with E-state index in [1.807, 2.05) is 11.8 Å². The maximum absolute atomic E-state index is 12.5. The first kappa shape index (κ1) is 22.1. The Labute approximate surface area is 178 Å². The molecule has 1 unspecified atom stereocenters. The van der Waals surface area contributed by atoms with Crippen LogP contribution in [-0.4, -0.2) is 59.5 Å². The van der Waals surface area contributed by atoms with Gasteiger partial charge in [-0.1, -0.05) is 35.9 Å². The molecule has 2 heterocycles. The number of piperazine rings is 1. The topological polar surface area (TPSA) is 61.4 Å². The number of urea groups is 1. The van der Waals surface area contributed by atoms with Crippen LogP contribution < -0.4 is 10.2 Å². The fourth-order valence-electron chi connectivity index (χ4n) is 3.45. The smallest absolute Gasteiger partial charge is 0.350 e. The summed E-state index contributed by atoms with van der Waals surface area (Å²) in [6.45, 7) is 4.06. The van der Waals surface area contributed by atoms with Crippen LogP contribution >= 0.6 is 11.6 Å². The number of amides is 2. The van der Waals surface area contributed by atoms with Gasteiger partial charge >= 0.3 is 12.2 Å². The molecule has 1 aromatic carbocycles. The highest BCUT2D eigenvalue weighted by molar-refractivity contribution is 6.32. The number of nitrogens with zero attached hydrogens (tertiary/aromatic N) is 4. The summed E-state index contributed by atoms with van der Waals surface area (Å²) in [5, 5.41) is 11.4. The van der Waals surface area contributed by atoms with E-state index in [1.54, 1.807) is 23.1 Å². The van der Waals surface area contributed by atoms with Gasteiger partial charge in [0.1, 0.15) is 0 Å². The van der Waals surface area contributed by atoms with Crippen molar-refractivity contribution in [3.8, 4) is 0 Å². The first-order chi connectivity index (χ1) is 14.2. The van der Waals surface area contributed by atoms with Crippen LogP contribution in [0.15, 0.2) is 36.5 Å². The minimum absolute atomic E-state index is 0.0431. The Morgan fingerprint density at radius 2 is 1.90 bits per heavy atom. The summed E-state index contributed by atoms with van der Waals surface area (Å²) in [6.07, 6.45) is -3.08. The molecule has 1 fully saturated rings. The maximum atomic E-state index is 12.5. The van der Waals surface area contributed by atoms with E-state index >= 15 is 0 Å². The lowest BCUT2D eigenvalue weighted by Gasteiger charge is -2.40. The second kappa shape index (κ2) is 9.51. The van der Waals surface area contributed by atoms with Gasteiger partial charge in [-0.25, -0.2) is 4.79 Å². The Morgan fingerprint density at radius 1 is 1.20 bits per heavy atom. The van der Waals surface area contributed by atoms with Crippen LogP contribution in [0, 0.1) is 0 Å². The van der Waals surface area contributed by atoms with Crippen molar-refractivity contribution in [2.75, 3.05) is 31.1 Å². The minimum Gasteiger partial charge on any atom is -0.350 e. The highest BCUT2D eigenvalue weighted by atomic mass is 35.5. The number of hydrogen-bond donors (Lipinski definition) is 1. The number of hydrogen-bond acceptors (Lipinski definition) is 4. The Morgan fingerprint density at radius 3 is 2.53 bits per heavy atom. The number of rotatable bonds is 5. The summed E-state index contributed by atoms with van der Waals surface area (Å²) in [4.78, 5) is 16.3. The standard InChI is InChI=1S/C20H23ClF3N5O/c1-14-13-28(18-17(21)7-9-26-27-18)10-11-29(14)19(30)25-8-6-15-2-4-16(5-3-15)12-20(22,23)24/h2-5,7,9,14H,6,8,10-13H2,1H3,(H,25,30). The van der Waals surface area contributed by atoms with Crippen LogP contribution in [0.1, 0.15) is 18.1 Å². The van der Waals surface area contributed by atoms with Gasteiger partial charge in [0.25, 0.3) is 0 Å². The summed E-state index contributed by atoms with van der Waals surface area (Å²) in [6, 6.07) is 7.76. The van der Waals surface area contributed by atoms with Crippen molar-refractivity contribution >= 4 is 23.4 Å². The minimum atomic E-state index is -4.21. The number of halogens is 4. The van der Waals surface area contributed by atoms with Crippen molar-refractivity contribution in [3.63, 3.8) is 0 Å². The average Bonchev–Trinajstić information content (AvgIpc) is 2.68. The molecule has 1 N–H and O–H groups in total. The number of aromatic nitrogens is 2. The van der Waals surface area contributed by atoms with E-state index in [0.717, 1.165) is 5.56 Å². The molecule has 1 atom stereocenters. The third kappa shape index (κ3) is 5.98. The van der Waals surface area contributed by atoms with Crippen LogP contribution in [0.25, 0.3) is 0 Å². The molecule has 0 spiro atoms. The summed E-state index contributed by atoms with van der Waals surface area (Å²) >= 11 is 6.18. The normalized spacial score (nSPS) is 17.2. The number of nitrogens with one attached hydrogen (secondary N) is 1. The fourth-order valence-corrected chi connectivity index (χ4v) is 3.66. The molecule has 1 saturated heterocycles. The van der Waals surface area contributed by atoms with E-state index < -0.39 is 12.6 Å². The van der Waals surface area contributed by atoms with E-state index in [4.69, 9.17) is 11.6 Å². The largest absolute Gasteiger partial charge is 0.393 e. The third-order valence-electron chi connectivity index (χ3n) is 4.96. The molecule has 2 amide bonds. The predicted molar refractivity (Wildman–Crippen MR) is 109 cm³/mol. The van der Waals surface area contributed by atoms with Crippen LogP contribution in [0.3, 0.4) is 0 Å². The Balaban J connectivity index is 1.46. The molecule has 1 aliphatic heterocycles. The van der Waals surface area contributed by atoms with Gasteiger partial charge in [0.2, 0.25) is 0 Å². The van der Waals surface area contributed by atoms with Gasteiger partial charge in [-0.05, 0) is 30.5 Å². The molecule has 10 heteroatoms. The van der Waals surface area contributed by atoms with E-state index in [0.29, 0.717) is 43.4 Å². The molecule has 1 aromatic heterocycles. The van der Waals surface area contributed by atoms with E-state index in [9.17, 15) is 18.0 Å². The monoisotopic (exact) mass is 441 g/mol. The summed E-state index contributed by atoms with van der Waals surface area (Å²) in [5.74, 6) is 0.611. The molecule has 0 aliphatic carbocycles. The SMILES string of the molecule is CC1CN(c2nnccc2Cl)CCN1C(=O)NCCc1ccc(CC(F)(F)F)cc1. The molecular weight excluding hydrogens is 419 g/mol. The first-order valence-corrected chi connectivity index (χ1v) is 10.0. The molecule has 2 aromatic rings. The summed E-state index contributed by atoms with van der Waals surface area (Å²) < 4.78 is 37.2. The third-order valence-corrected chi connectivity index (χ3v) is 5.25. The number of alkyl halides is 3. The first-order valence-electron chi connectivity index (χ1n) is 9.64. The predicted octanol–water partition coefficient (Wildman–Crippen LogP) is 3.70. The molecule has 0 radical (unpaired) electrons. The van der Waals surface area contributed by atoms with Gasteiger partial charge in [-0.15, -0.1) is 5.10 Å². The summed E-state index contributed by atoms with van der Waals surface area (Å²) in [7, 11) is 0. The van der Waals surface area contributed by atoms with Gasteiger partial charge in [0.05, 0.1) is 17.6 Å². The lowest BCUT2D eigenvalue weighted by Crippen LogP contribution is -2.57. The van der Waals surface area contributed by atoms with Gasteiger partial charge < -0.3 is 15.1 Å². The Hall–Kier alpha value is -2.55. The van der Waals surface area contributed by atoms with Crippen molar-refractivity contribution in [1.29, 1.82) is 0 Å². The number of carbonyl (C=O) groups excluding carboxylic acids is 1. The number of carbonyl (C=O) groups is 1. The molecule has 162 valence electrons. The van der Waals surface area contributed by atoms with Crippen LogP contribution in [0.4, 0.5) is 23.8 Å². The highest BCUT2D eigenvalue weighted by Crippen LogP contribution is 2.24. The van der Waals surface area contributed by atoms with Crippen molar-refractivity contribution in [2.45, 2.75) is 32.0 Å². The molecule has 3 rings (SSSR count). The van der Waals surface area contributed by atoms with Gasteiger partial charge in [-0.2, -0.15) is 18.3 Å². The molecular formula is C20H23ClF3N5O. The van der Waals surface area contributed by atoms with Crippen molar-refractivity contribution < 1.29 is 18.0 Å². The molecule has 1 aliphatic rings. The van der Waals surface area contributed by atoms with Gasteiger partial charge in [-0.3, -0.25) is 0 Å². The highest BCUT2D eigenvalue weighted by Gasteiger charge is 2.29. The van der Waals surface area contributed by atoms with E-state index in [-0.39, 0.29) is 17.6 Å². The van der Waals surface area contributed by atoms with Gasteiger partial charge in [0, 0.05) is 32.2 Å². The number of benzene rings is 1. The van der Waals surface area contributed by atoms with Crippen molar-refractivity contribution in [2.24, 2.45) is 0 Å². The van der Waals surface area contributed by atoms with E-state index in [1.165, 1.54) is 18.3 Å². The Kier molecular flexibility index (Phi) is 7.02. The van der Waals surface area contributed by atoms with Crippen molar-refractivity contribution in [3.05, 3.63) is 52.7 Å².